The van der Waals surface area contributed by atoms with Crippen molar-refractivity contribution in [3.05, 3.63) is 28.2 Å². The SMILES string of the molecule is COCCOCCOCCNc1ccc(Cl)c(Cl)c1. The van der Waals surface area contributed by atoms with Crippen molar-refractivity contribution in [2.75, 3.05) is 52.0 Å². The molecule has 0 bridgehead atoms. The van der Waals surface area contributed by atoms with Crippen LogP contribution in [0.1, 0.15) is 0 Å². The van der Waals surface area contributed by atoms with E-state index in [4.69, 9.17) is 37.4 Å². The third kappa shape index (κ3) is 7.60. The Bertz CT molecular complexity index is 364. The fraction of sp³-hybridized carbons (Fsp3) is 0.538. The Labute approximate surface area is 123 Å². The molecule has 0 heterocycles. The highest BCUT2D eigenvalue weighted by Gasteiger charge is 1.98. The van der Waals surface area contributed by atoms with E-state index in [9.17, 15) is 0 Å². The van der Waals surface area contributed by atoms with Gasteiger partial charge >= 0.3 is 0 Å². The Kier molecular flexibility index (Phi) is 8.95. The molecule has 4 nitrogen and oxygen atoms in total. The Balaban J connectivity index is 2.00. The zero-order chi connectivity index (χ0) is 13.9. The minimum Gasteiger partial charge on any atom is -0.383 e. The van der Waals surface area contributed by atoms with Gasteiger partial charge < -0.3 is 19.5 Å². The summed E-state index contributed by atoms with van der Waals surface area (Å²) in [6.07, 6.45) is 0. The predicted molar refractivity (Wildman–Crippen MR) is 78.5 cm³/mol. The first kappa shape index (κ1) is 16.5. The van der Waals surface area contributed by atoms with Crippen LogP contribution in [0, 0.1) is 0 Å². The van der Waals surface area contributed by atoms with Gasteiger partial charge in [0.2, 0.25) is 0 Å². The van der Waals surface area contributed by atoms with Crippen LogP contribution in [-0.4, -0.2) is 46.7 Å². The molecule has 0 aliphatic heterocycles. The molecule has 1 aromatic rings. The summed E-state index contributed by atoms with van der Waals surface area (Å²) in [4.78, 5) is 0. The molecule has 0 fully saturated rings. The standard InChI is InChI=1S/C13H19Cl2NO3/c1-17-6-7-19-9-8-18-5-4-16-11-2-3-12(14)13(15)10-11/h2-3,10,16H,4-9H2,1H3. The van der Waals surface area contributed by atoms with Gasteiger partial charge in [0, 0.05) is 19.3 Å². The van der Waals surface area contributed by atoms with Gasteiger partial charge in [-0.2, -0.15) is 0 Å². The summed E-state index contributed by atoms with van der Waals surface area (Å²) in [5, 5.41) is 4.29. The largest absolute Gasteiger partial charge is 0.383 e. The Morgan fingerprint density at radius 3 is 2.32 bits per heavy atom. The lowest BCUT2D eigenvalue weighted by Crippen LogP contribution is -2.13. The van der Waals surface area contributed by atoms with Crippen LogP contribution in [0.25, 0.3) is 0 Å². The van der Waals surface area contributed by atoms with Crippen molar-refractivity contribution >= 4 is 28.9 Å². The smallest absolute Gasteiger partial charge is 0.0701 e. The van der Waals surface area contributed by atoms with E-state index in [1.165, 1.54) is 0 Å². The van der Waals surface area contributed by atoms with Crippen LogP contribution < -0.4 is 5.32 Å². The molecule has 0 aliphatic carbocycles. The van der Waals surface area contributed by atoms with Crippen molar-refractivity contribution in [3.63, 3.8) is 0 Å². The fourth-order valence-electron chi connectivity index (χ4n) is 1.34. The molecular formula is C13H19Cl2NO3. The summed E-state index contributed by atoms with van der Waals surface area (Å²) in [5.41, 5.74) is 0.925. The number of rotatable bonds is 10. The normalized spacial score (nSPS) is 10.7. The fourth-order valence-corrected chi connectivity index (χ4v) is 1.64. The Morgan fingerprint density at radius 1 is 0.947 bits per heavy atom. The molecule has 108 valence electrons. The first-order valence-corrected chi connectivity index (χ1v) is 6.83. The molecule has 1 N–H and O–H groups in total. The molecule has 6 heteroatoms. The number of benzene rings is 1. The third-order valence-electron chi connectivity index (χ3n) is 2.30. The predicted octanol–water partition coefficient (Wildman–Crippen LogP) is 3.08. The second-order valence-corrected chi connectivity index (χ2v) is 4.59. The summed E-state index contributed by atoms with van der Waals surface area (Å²) in [6.45, 7) is 3.67. The second-order valence-electron chi connectivity index (χ2n) is 3.77. The van der Waals surface area contributed by atoms with Gasteiger partial charge in [-0.15, -0.1) is 0 Å². The molecule has 0 spiro atoms. The van der Waals surface area contributed by atoms with E-state index >= 15 is 0 Å². The van der Waals surface area contributed by atoms with Gasteiger partial charge in [-0.05, 0) is 18.2 Å². The van der Waals surface area contributed by atoms with E-state index in [2.05, 4.69) is 5.32 Å². The van der Waals surface area contributed by atoms with E-state index in [1.54, 1.807) is 19.2 Å². The molecule has 0 aliphatic rings. The maximum Gasteiger partial charge on any atom is 0.0701 e. The minimum atomic E-state index is 0.541. The summed E-state index contributed by atoms with van der Waals surface area (Å²) in [5.74, 6) is 0. The summed E-state index contributed by atoms with van der Waals surface area (Å²) < 4.78 is 15.5. The van der Waals surface area contributed by atoms with Crippen LogP contribution in [0.3, 0.4) is 0 Å². The van der Waals surface area contributed by atoms with Crippen LogP contribution in [0.5, 0.6) is 0 Å². The van der Waals surface area contributed by atoms with Crippen LogP contribution in [0.15, 0.2) is 18.2 Å². The first-order valence-electron chi connectivity index (χ1n) is 6.07. The van der Waals surface area contributed by atoms with Gasteiger partial charge in [-0.25, -0.2) is 0 Å². The van der Waals surface area contributed by atoms with E-state index in [-0.39, 0.29) is 0 Å². The number of nitrogens with one attached hydrogen (secondary N) is 1. The molecule has 0 saturated heterocycles. The number of anilines is 1. The van der Waals surface area contributed by atoms with Gasteiger partial charge in [0.1, 0.15) is 0 Å². The molecule has 0 amide bonds. The molecular weight excluding hydrogens is 289 g/mol. The average Bonchev–Trinajstić information content (AvgIpc) is 2.41. The van der Waals surface area contributed by atoms with Crippen LogP contribution >= 0.6 is 23.2 Å². The maximum atomic E-state index is 5.91. The lowest BCUT2D eigenvalue weighted by atomic mass is 10.3. The molecule has 19 heavy (non-hydrogen) atoms. The highest BCUT2D eigenvalue weighted by Crippen LogP contribution is 2.24. The number of methoxy groups -OCH3 is 1. The molecule has 1 aromatic carbocycles. The quantitative estimate of drug-likeness (QED) is 0.674. The van der Waals surface area contributed by atoms with Crippen molar-refractivity contribution < 1.29 is 14.2 Å². The lowest BCUT2D eigenvalue weighted by Gasteiger charge is -2.08. The monoisotopic (exact) mass is 307 g/mol. The van der Waals surface area contributed by atoms with E-state index in [0.717, 1.165) is 5.69 Å². The van der Waals surface area contributed by atoms with Crippen molar-refractivity contribution in [3.8, 4) is 0 Å². The van der Waals surface area contributed by atoms with Crippen molar-refractivity contribution in [2.24, 2.45) is 0 Å². The highest BCUT2D eigenvalue weighted by molar-refractivity contribution is 6.42. The van der Waals surface area contributed by atoms with Crippen molar-refractivity contribution in [2.45, 2.75) is 0 Å². The molecule has 0 radical (unpaired) electrons. The zero-order valence-electron chi connectivity index (χ0n) is 11.0. The van der Waals surface area contributed by atoms with Gasteiger partial charge in [-0.1, -0.05) is 23.2 Å². The Hall–Kier alpha value is -0.520. The van der Waals surface area contributed by atoms with Gasteiger partial charge in [0.15, 0.2) is 0 Å². The highest BCUT2D eigenvalue weighted by atomic mass is 35.5. The molecule has 1 rings (SSSR count). The van der Waals surface area contributed by atoms with Gasteiger partial charge in [0.25, 0.3) is 0 Å². The van der Waals surface area contributed by atoms with E-state index in [0.29, 0.717) is 49.6 Å². The first-order chi connectivity index (χ1) is 9.24. The maximum absolute atomic E-state index is 5.91. The summed E-state index contributed by atoms with van der Waals surface area (Å²) in [7, 11) is 1.65. The number of hydrogen-bond acceptors (Lipinski definition) is 4. The molecule has 0 atom stereocenters. The lowest BCUT2D eigenvalue weighted by molar-refractivity contribution is 0.0272. The van der Waals surface area contributed by atoms with Gasteiger partial charge in [-0.3, -0.25) is 0 Å². The topological polar surface area (TPSA) is 39.7 Å². The van der Waals surface area contributed by atoms with Crippen molar-refractivity contribution in [1.82, 2.24) is 0 Å². The number of halogens is 2. The van der Waals surface area contributed by atoms with Crippen LogP contribution in [0.4, 0.5) is 5.69 Å². The zero-order valence-corrected chi connectivity index (χ0v) is 12.5. The minimum absolute atomic E-state index is 0.541. The number of hydrogen-bond donors (Lipinski definition) is 1. The van der Waals surface area contributed by atoms with Crippen molar-refractivity contribution in [1.29, 1.82) is 0 Å². The van der Waals surface area contributed by atoms with E-state index in [1.807, 2.05) is 6.07 Å². The summed E-state index contributed by atoms with van der Waals surface area (Å²) >= 11 is 11.7. The van der Waals surface area contributed by atoms with Crippen LogP contribution in [-0.2, 0) is 14.2 Å². The molecule has 0 aromatic heterocycles. The summed E-state index contributed by atoms with van der Waals surface area (Å²) in [6, 6.07) is 5.43. The van der Waals surface area contributed by atoms with Crippen LogP contribution in [0.2, 0.25) is 10.0 Å². The molecule has 0 unspecified atom stereocenters. The number of ether oxygens (including phenoxy) is 3. The molecule has 0 saturated carbocycles. The Morgan fingerprint density at radius 2 is 1.63 bits per heavy atom. The third-order valence-corrected chi connectivity index (χ3v) is 3.04. The van der Waals surface area contributed by atoms with Gasteiger partial charge in [0.05, 0.1) is 43.1 Å². The van der Waals surface area contributed by atoms with E-state index < -0.39 is 0 Å². The second kappa shape index (κ2) is 10.3. The average molecular weight is 308 g/mol.